The van der Waals surface area contributed by atoms with E-state index in [0.29, 0.717) is 0 Å². The van der Waals surface area contributed by atoms with Crippen molar-refractivity contribution < 1.29 is 4.74 Å². The number of aliphatic imine (C=N–C) groups is 1. The van der Waals surface area contributed by atoms with Gasteiger partial charge in [0.15, 0.2) is 0 Å². The Hall–Kier alpha value is -3.39. The van der Waals surface area contributed by atoms with Crippen LogP contribution in [0.4, 0.5) is 5.69 Å². The quantitative estimate of drug-likeness (QED) is 0.399. The van der Waals surface area contributed by atoms with Gasteiger partial charge in [-0.3, -0.25) is 4.99 Å². The maximum Gasteiger partial charge on any atom is 0.129 e. The average molecular weight is 323 g/mol. The number of benzene rings is 4. The van der Waals surface area contributed by atoms with Crippen molar-refractivity contribution in [3.63, 3.8) is 0 Å². The highest BCUT2D eigenvalue weighted by molar-refractivity contribution is 6.00. The number of para-hydroxylation sites is 1. The van der Waals surface area contributed by atoms with E-state index in [-0.39, 0.29) is 0 Å². The van der Waals surface area contributed by atoms with E-state index in [2.05, 4.69) is 35.3 Å². The van der Waals surface area contributed by atoms with Crippen LogP contribution in [0.25, 0.3) is 10.8 Å². The van der Waals surface area contributed by atoms with E-state index in [1.807, 2.05) is 72.9 Å². The monoisotopic (exact) mass is 323 g/mol. The molecular formula is C23H17NO. The molecule has 0 amide bonds. The summed E-state index contributed by atoms with van der Waals surface area (Å²) in [4.78, 5) is 4.62. The predicted octanol–water partition coefficient (Wildman–Crippen LogP) is 6.38. The summed E-state index contributed by atoms with van der Waals surface area (Å²) < 4.78 is 5.87. The van der Waals surface area contributed by atoms with Crippen molar-refractivity contribution in [2.45, 2.75) is 0 Å². The standard InChI is InChI=1S/C23H17NO/c1-2-12-21(13-3-1)25-22-14-7-11-20(16-22)24-17-19-10-6-9-18-8-4-5-15-23(18)19/h1-17H. The van der Waals surface area contributed by atoms with Gasteiger partial charge >= 0.3 is 0 Å². The summed E-state index contributed by atoms with van der Waals surface area (Å²) >= 11 is 0. The number of fused-ring (bicyclic) bond motifs is 1. The Labute approximate surface area is 147 Å². The van der Waals surface area contributed by atoms with Gasteiger partial charge in [0.2, 0.25) is 0 Å². The molecule has 2 nitrogen and oxygen atoms in total. The highest BCUT2D eigenvalue weighted by Gasteiger charge is 1.99. The van der Waals surface area contributed by atoms with E-state index in [0.717, 1.165) is 22.7 Å². The first kappa shape index (κ1) is 15.2. The Morgan fingerprint density at radius 3 is 2.28 bits per heavy atom. The molecule has 4 rings (SSSR count). The fraction of sp³-hybridized carbons (Fsp3) is 0. The van der Waals surface area contributed by atoms with Crippen LogP contribution in [-0.4, -0.2) is 6.21 Å². The Bertz CT molecular complexity index is 1020. The van der Waals surface area contributed by atoms with Gasteiger partial charge in [-0.2, -0.15) is 0 Å². The zero-order valence-corrected chi connectivity index (χ0v) is 13.7. The van der Waals surface area contributed by atoms with Crippen molar-refractivity contribution in [3.8, 4) is 11.5 Å². The minimum atomic E-state index is 0.777. The van der Waals surface area contributed by atoms with Gasteiger partial charge in [-0.1, -0.05) is 66.7 Å². The maximum absolute atomic E-state index is 5.87. The fourth-order valence-corrected chi connectivity index (χ4v) is 2.76. The van der Waals surface area contributed by atoms with Crippen LogP contribution in [0.2, 0.25) is 0 Å². The van der Waals surface area contributed by atoms with Crippen LogP contribution in [0.1, 0.15) is 5.56 Å². The van der Waals surface area contributed by atoms with E-state index in [1.54, 1.807) is 0 Å². The molecule has 0 saturated heterocycles. The van der Waals surface area contributed by atoms with Crippen LogP contribution >= 0.6 is 0 Å². The lowest BCUT2D eigenvalue weighted by Gasteiger charge is -2.06. The molecule has 120 valence electrons. The maximum atomic E-state index is 5.87. The molecule has 0 unspecified atom stereocenters. The van der Waals surface area contributed by atoms with Crippen molar-refractivity contribution >= 4 is 22.7 Å². The Morgan fingerprint density at radius 1 is 0.640 bits per heavy atom. The summed E-state index contributed by atoms with van der Waals surface area (Å²) in [6.07, 6.45) is 1.91. The molecule has 0 fully saturated rings. The summed E-state index contributed by atoms with van der Waals surface area (Å²) in [6, 6.07) is 32.1. The number of rotatable bonds is 4. The third-order valence-electron chi connectivity index (χ3n) is 3.97. The molecule has 2 heteroatoms. The first-order valence-corrected chi connectivity index (χ1v) is 8.23. The highest BCUT2D eigenvalue weighted by atomic mass is 16.5. The van der Waals surface area contributed by atoms with Gasteiger partial charge in [0.25, 0.3) is 0 Å². The summed E-state index contributed by atoms with van der Waals surface area (Å²) in [6.45, 7) is 0. The second-order valence-electron chi connectivity index (χ2n) is 5.74. The topological polar surface area (TPSA) is 21.6 Å². The van der Waals surface area contributed by atoms with Crippen LogP contribution in [-0.2, 0) is 0 Å². The van der Waals surface area contributed by atoms with Gasteiger partial charge in [-0.25, -0.2) is 0 Å². The molecule has 0 aliphatic carbocycles. The lowest BCUT2D eigenvalue weighted by atomic mass is 10.1. The summed E-state index contributed by atoms with van der Waals surface area (Å²) in [5.41, 5.74) is 1.97. The smallest absolute Gasteiger partial charge is 0.129 e. The number of nitrogens with zero attached hydrogens (tertiary/aromatic N) is 1. The molecule has 0 aliphatic rings. The number of hydrogen-bond acceptors (Lipinski definition) is 2. The van der Waals surface area contributed by atoms with Gasteiger partial charge in [0.05, 0.1) is 5.69 Å². The normalized spacial score (nSPS) is 11.0. The minimum absolute atomic E-state index is 0.777. The van der Waals surface area contributed by atoms with Crippen molar-refractivity contribution in [1.29, 1.82) is 0 Å². The van der Waals surface area contributed by atoms with Crippen LogP contribution in [0.3, 0.4) is 0 Å². The lowest BCUT2D eigenvalue weighted by molar-refractivity contribution is 0.483. The molecule has 0 aliphatic heterocycles. The van der Waals surface area contributed by atoms with E-state index < -0.39 is 0 Å². The molecule has 0 spiro atoms. The number of hydrogen-bond donors (Lipinski definition) is 0. The highest BCUT2D eigenvalue weighted by Crippen LogP contribution is 2.25. The molecule has 0 atom stereocenters. The van der Waals surface area contributed by atoms with Gasteiger partial charge < -0.3 is 4.74 Å². The van der Waals surface area contributed by atoms with Crippen molar-refractivity contribution in [1.82, 2.24) is 0 Å². The Kier molecular flexibility index (Phi) is 4.25. The van der Waals surface area contributed by atoms with E-state index >= 15 is 0 Å². The molecule has 0 aromatic heterocycles. The van der Waals surface area contributed by atoms with Crippen LogP contribution in [0.5, 0.6) is 11.5 Å². The second-order valence-corrected chi connectivity index (χ2v) is 5.74. The zero-order chi connectivity index (χ0) is 16.9. The van der Waals surface area contributed by atoms with Crippen molar-refractivity contribution in [2.75, 3.05) is 0 Å². The molecule has 4 aromatic carbocycles. The average Bonchev–Trinajstić information content (AvgIpc) is 2.67. The van der Waals surface area contributed by atoms with Crippen molar-refractivity contribution in [2.24, 2.45) is 4.99 Å². The third kappa shape index (κ3) is 3.59. The predicted molar refractivity (Wildman–Crippen MR) is 104 cm³/mol. The molecule has 0 heterocycles. The molecule has 0 N–H and O–H groups in total. The molecular weight excluding hydrogens is 306 g/mol. The van der Waals surface area contributed by atoms with Gasteiger partial charge in [-0.15, -0.1) is 0 Å². The fourth-order valence-electron chi connectivity index (χ4n) is 2.76. The minimum Gasteiger partial charge on any atom is -0.457 e. The van der Waals surface area contributed by atoms with Crippen molar-refractivity contribution in [3.05, 3.63) is 103 Å². The summed E-state index contributed by atoms with van der Waals surface area (Å²) in [5.74, 6) is 1.59. The zero-order valence-electron chi connectivity index (χ0n) is 13.7. The first-order valence-electron chi connectivity index (χ1n) is 8.23. The molecule has 0 radical (unpaired) electrons. The lowest BCUT2D eigenvalue weighted by Crippen LogP contribution is -1.85. The van der Waals surface area contributed by atoms with E-state index in [1.165, 1.54) is 10.8 Å². The summed E-state index contributed by atoms with van der Waals surface area (Å²) in [7, 11) is 0. The van der Waals surface area contributed by atoms with E-state index in [9.17, 15) is 0 Å². The molecule has 0 saturated carbocycles. The molecule has 4 aromatic rings. The van der Waals surface area contributed by atoms with Gasteiger partial charge in [-0.05, 0) is 35.0 Å². The largest absolute Gasteiger partial charge is 0.457 e. The third-order valence-corrected chi connectivity index (χ3v) is 3.97. The summed E-state index contributed by atoms with van der Waals surface area (Å²) in [5, 5.41) is 2.41. The second kappa shape index (κ2) is 7.02. The van der Waals surface area contributed by atoms with Gasteiger partial charge in [0, 0.05) is 17.8 Å². The Morgan fingerprint density at radius 2 is 1.36 bits per heavy atom. The van der Waals surface area contributed by atoms with Gasteiger partial charge in [0.1, 0.15) is 11.5 Å². The van der Waals surface area contributed by atoms with E-state index in [4.69, 9.17) is 4.74 Å². The first-order chi connectivity index (χ1) is 12.4. The van der Waals surface area contributed by atoms with Crippen LogP contribution in [0.15, 0.2) is 102 Å². The molecule has 25 heavy (non-hydrogen) atoms. The Balaban J connectivity index is 1.60. The van der Waals surface area contributed by atoms with Crippen LogP contribution < -0.4 is 4.74 Å². The SMILES string of the molecule is C(=Nc1cccc(Oc2ccccc2)c1)c1cccc2ccccc12. The molecule has 0 bridgehead atoms. The van der Waals surface area contributed by atoms with Crippen LogP contribution in [0, 0.1) is 0 Å². The number of ether oxygens (including phenoxy) is 1.